The zero-order valence-corrected chi connectivity index (χ0v) is 23.3. The van der Waals surface area contributed by atoms with Gasteiger partial charge in [0.05, 0.1) is 4.47 Å². The van der Waals surface area contributed by atoms with Crippen LogP contribution in [0.3, 0.4) is 0 Å². The lowest BCUT2D eigenvalue weighted by atomic mass is 10.0. The maximum Gasteiger partial charge on any atom is 0.261 e. The average Bonchev–Trinajstić information content (AvgIpc) is 3.39. The largest absolute Gasteiger partial charge is 0.483 e. The fraction of sp³-hybridized carbons (Fsp3) is 0.333. The van der Waals surface area contributed by atoms with E-state index in [9.17, 15) is 9.59 Å². The quantitative estimate of drug-likeness (QED) is 0.297. The number of hydrogen-bond acceptors (Lipinski definition) is 3. The molecule has 5 nitrogen and oxygen atoms in total. The van der Waals surface area contributed by atoms with Crippen molar-refractivity contribution in [3.8, 4) is 5.75 Å². The highest BCUT2D eigenvalue weighted by atomic mass is 79.9. The number of carbonyl (C=O) groups is 2. The van der Waals surface area contributed by atoms with Gasteiger partial charge in [0.25, 0.3) is 5.91 Å². The third-order valence-electron chi connectivity index (χ3n) is 6.65. The van der Waals surface area contributed by atoms with Gasteiger partial charge >= 0.3 is 0 Å². The second kappa shape index (κ2) is 13.1. The number of nitrogens with one attached hydrogen (secondary N) is 1. The van der Waals surface area contributed by atoms with Crippen LogP contribution in [0.25, 0.3) is 0 Å². The standard InChI is InChI=1S/C30H32BrClN2O3/c1-21-8-7-11-23(16-21)19-34(29(35)20-37-28-15-14-24(32)18-26(28)31)27(17-22-9-3-2-4-10-22)30(36)33-25-12-5-6-13-25/h2-4,7-11,14-16,18,25,27H,5-6,12-13,17,19-20H2,1H3,(H,33,36). The van der Waals surface area contributed by atoms with E-state index in [4.69, 9.17) is 16.3 Å². The molecule has 1 aliphatic rings. The number of carbonyl (C=O) groups excluding carboxylic acids is 2. The van der Waals surface area contributed by atoms with Gasteiger partial charge in [0.2, 0.25) is 5.91 Å². The van der Waals surface area contributed by atoms with Crippen LogP contribution in [-0.4, -0.2) is 35.4 Å². The minimum atomic E-state index is -0.673. The molecule has 1 fully saturated rings. The van der Waals surface area contributed by atoms with Crippen molar-refractivity contribution in [2.24, 2.45) is 0 Å². The van der Waals surface area contributed by atoms with Gasteiger partial charge in [-0.1, -0.05) is 84.6 Å². The van der Waals surface area contributed by atoms with Crippen LogP contribution in [0.15, 0.2) is 77.3 Å². The van der Waals surface area contributed by atoms with Crippen molar-refractivity contribution < 1.29 is 14.3 Å². The number of halogens is 2. The van der Waals surface area contributed by atoms with Crippen molar-refractivity contribution in [3.05, 3.63) is 99.0 Å². The summed E-state index contributed by atoms with van der Waals surface area (Å²) < 4.78 is 6.55. The third-order valence-corrected chi connectivity index (χ3v) is 7.51. The first-order valence-electron chi connectivity index (χ1n) is 12.7. The van der Waals surface area contributed by atoms with E-state index in [1.165, 1.54) is 0 Å². The summed E-state index contributed by atoms with van der Waals surface area (Å²) in [6.07, 6.45) is 4.60. The van der Waals surface area contributed by atoms with E-state index in [0.717, 1.165) is 42.4 Å². The number of nitrogens with zero attached hydrogens (tertiary/aromatic N) is 1. The summed E-state index contributed by atoms with van der Waals surface area (Å²) in [7, 11) is 0. The lowest BCUT2D eigenvalue weighted by molar-refractivity contribution is -0.143. The van der Waals surface area contributed by atoms with Gasteiger partial charge in [-0.2, -0.15) is 0 Å². The van der Waals surface area contributed by atoms with Crippen LogP contribution in [0, 0.1) is 6.92 Å². The Hall–Kier alpha value is -2.83. The Morgan fingerprint density at radius 1 is 1.03 bits per heavy atom. The van der Waals surface area contributed by atoms with E-state index >= 15 is 0 Å². The average molecular weight is 584 g/mol. The smallest absolute Gasteiger partial charge is 0.261 e. The molecule has 0 heterocycles. The Labute approximate surface area is 232 Å². The number of rotatable bonds is 10. The molecular weight excluding hydrogens is 552 g/mol. The van der Waals surface area contributed by atoms with E-state index in [-0.39, 0.29) is 24.5 Å². The minimum absolute atomic E-state index is 0.121. The molecule has 37 heavy (non-hydrogen) atoms. The van der Waals surface area contributed by atoms with Gasteiger partial charge in [-0.05, 0) is 65.0 Å². The van der Waals surface area contributed by atoms with Crippen LogP contribution in [0.1, 0.15) is 42.4 Å². The number of ether oxygens (including phenoxy) is 1. The van der Waals surface area contributed by atoms with E-state index in [2.05, 4.69) is 21.2 Å². The first-order chi connectivity index (χ1) is 17.9. The van der Waals surface area contributed by atoms with E-state index in [1.54, 1.807) is 23.1 Å². The summed E-state index contributed by atoms with van der Waals surface area (Å²) in [6, 6.07) is 22.5. The maximum atomic E-state index is 13.7. The molecule has 0 radical (unpaired) electrons. The van der Waals surface area contributed by atoms with Crippen molar-refractivity contribution >= 4 is 39.3 Å². The zero-order valence-electron chi connectivity index (χ0n) is 21.0. The van der Waals surface area contributed by atoms with Gasteiger partial charge in [-0.15, -0.1) is 0 Å². The highest BCUT2D eigenvalue weighted by Crippen LogP contribution is 2.28. The molecule has 3 aromatic rings. The van der Waals surface area contributed by atoms with Crippen LogP contribution in [0.5, 0.6) is 5.75 Å². The zero-order chi connectivity index (χ0) is 26.2. The van der Waals surface area contributed by atoms with Gasteiger partial charge < -0.3 is 15.0 Å². The van der Waals surface area contributed by atoms with Gasteiger partial charge in [-0.3, -0.25) is 9.59 Å². The predicted octanol–water partition coefficient (Wildman–Crippen LogP) is 6.49. The van der Waals surface area contributed by atoms with Crippen LogP contribution in [-0.2, 0) is 22.6 Å². The van der Waals surface area contributed by atoms with Gasteiger partial charge in [0.15, 0.2) is 6.61 Å². The van der Waals surface area contributed by atoms with E-state index < -0.39 is 6.04 Å². The van der Waals surface area contributed by atoms with E-state index in [0.29, 0.717) is 28.2 Å². The fourth-order valence-electron chi connectivity index (χ4n) is 4.74. The number of benzene rings is 3. The lowest BCUT2D eigenvalue weighted by Crippen LogP contribution is -2.53. The molecule has 1 saturated carbocycles. The summed E-state index contributed by atoms with van der Waals surface area (Å²) >= 11 is 9.49. The SMILES string of the molecule is Cc1cccc(CN(C(=O)COc2ccc(Cl)cc2Br)C(Cc2ccccc2)C(=O)NC2CCCC2)c1. The molecule has 0 aromatic heterocycles. The maximum absolute atomic E-state index is 13.7. The Bertz CT molecular complexity index is 1210. The Kier molecular flexibility index (Phi) is 9.64. The predicted molar refractivity (Wildman–Crippen MR) is 151 cm³/mol. The molecular formula is C30H32BrClN2O3. The van der Waals surface area contributed by atoms with Gasteiger partial charge in [0, 0.05) is 24.0 Å². The highest BCUT2D eigenvalue weighted by Gasteiger charge is 2.32. The van der Waals surface area contributed by atoms with Crippen molar-refractivity contribution in [2.45, 2.75) is 57.7 Å². The highest BCUT2D eigenvalue weighted by molar-refractivity contribution is 9.10. The minimum Gasteiger partial charge on any atom is -0.483 e. The molecule has 1 atom stereocenters. The van der Waals surface area contributed by atoms with Gasteiger partial charge in [-0.25, -0.2) is 0 Å². The lowest BCUT2D eigenvalue weighted by Gasteiger charge is -2.32. The molecule has 4 rings (SSSR count). The van der Waals surface area contributed by atoms with Crippen molar-refractivity contribution in [2.75, 3.05) is 6.61 Å². The first kappa shape index (κ1) is 27.2. The topological polar surface area (TPSA) is 58.6 Å². The first-order valence-corrected chi connectivity index (χ1v) is 13.8. The Morgan fingerprint density at radius 3 is 2.46 bits per heavy atom. The summed E-state index contributed by atoms with van der Waals surface area (Å²) in [5, 5.41) is 3.79. The normalized spacial score (nSPS) is 14.2. The molecule has 0 saturated heterocycles. The van der Waals surface area contributed by atoms with Crippen molar-refractivity contribution in [1.82, 2.24) is 10.2 Å². The monoisotopic (exact) mass is 582 g/mol. The summed E-state index contributed by atoms with van der Waals surface area (Å²) in [6.45, 7) is 2.13. The molecule has 0 bridgehead atoms. The molecule has 3 aromatic carbocycles. The fourth-order valence-corrected chi connectivity index (χ4v) is 5.54. The number of aryl methyl sites for hydroxylation is 1. The second-order valence-electron chi connectivity index (χ2n) is 9.57. The van der Waals surface area contributed by atoms with Crippen molar-refractivity contribution in [3.63, 3.8) is 0 Å². The molecule has 1 unspecified atom stereocenters. The van der Waals surface area contributed by atoms with Gasteiger partial charge in [0.1, 0.15) is 11.8 Å². The molecule has 1 aliphatic carbocycles. The summed E-state index contributed by atoms with van der Waals surface area (Å²) in [5.41, 5.74) is 3.06. The molecule has 2 amide bonds. The van der Waals surface area contributed by atoms with Crippen LogP contribution in [0.2, 0.25) is 5.02 Å². The van der Waals surface area contributed by atoms with Crippen molar-refractivity contribution in [1.29, 1.82) is 0 Å². The van der Waals surface area contributed by atoms with Crippen LogP contribution in [0.4, 0.5) is 0 Å². The molecule has 1 N–H and O–H groups in total. The summed E-state index contributed by atoms with van der Waals surface area (Å²) in [5.74, 6) is 0.138. The number of hydrogen-bond donors (Lipinski definition) is 1. The molecule has 194 valence electrons. The Balaban J connectivity index is 1.62. The number of amides is 2. The van der Waals surface area contributed by atoms with Crippen LogP contribution >= 0.6 is 27.5 Å². The molecule has 0 aliphatic heterocycles. The van der Waals surface area contributed by atoms with Crippen LogP contribution < -0.4 is 10.1 Å². The molecule has 7 heteroatoms. The molecule has 0 spiro atoms. The van der Waals surface area contributed by atoms with E-state index in [1.807, 2.05) is 61.5 Å². The summed E-state index contributed by atoms with van der Waals surface area (Å²) in [4.78, 5) is 29.1. The third kappa shape index (κ3) is 7.83. The Morgan fingerprint density at radius 2 is 1.76 bits per heavy atom. The second-order valence-corrected chi connectivity index (χ2v) is 10.9.